The van der Waals surface area contributed by atoms with Crippen LogP contribution in [0.1, 0.15) is 56.4 Å². The molecule has 0 fully saturated rings. The first kappa shape index (κ1) is 30.6. The van der Waals surface area contributed by atoms with Gasteiger partial charge < -0.3 is 23.7 Å². The number of esters is 4. The Balaban J connectivity index is 1.65. The van der Waals surface area contributed by atoms with Crippen molar-refractivity contribution < 1.29 is 47.3 Å². The Morgan fingerprint density at radius 3 is 1.90 bits per heavy atom. The van der Waals surface area contributed by atoms with Gasteiger partial charge in [-0.15, -0.1) is 0 Å². The van der Waals surface area contributed by atoms with Crippen LogP contribution in [0.15, 0.2) is 79.1 Å². The minimum atomic E-state index is -1.27. The van der Waals surface area contributed by atoms with E-state index in [0.29, 0.717) is 12.2 Å². The molecule has 3 rings (SSSR count). The van der Waals surface area contributed by atoms with Gasteiger partial charge in [0, 0.05) is 0 Å². The molecule has 41 heavy (non-hydrogen) atoms. The number of carbonyl (C=O) groups is 4. The van der Waals surface area contributed by atoms with Gasteiger partial charge in [0.1, 0.15) is 36.0 Å². The summed E-state index contributed by atoms with van der Waals surface area (Å²) >= 11 is 0. The standard InChI is InChI=1S/C31H29FO9/c1-4-5-16-37-27-15-14-25(19-26(27)31(36)39-18-17-38-28(33)21(3)32)41-30(35)23-10-12-24(13-11-23)40-29(34)22-8-6-20(2)7-9-22/h6-15,19H,3-5,16-18H2,1-2H3. The van der Waals surface area contributed by atoms with Crippen molar-refractivity contribution >= 4 is 23.9 Å². The fourth-order valence-electron chi connectivity index (χ4n) is 3.29. The number of unbranched alkanes of at least 4 members (excludes halogenated alkanes) is 1. The lowest BCUT2D eigenvalue weighted by Gasteiger charge is -2.13. The zero-order valence-corrected chi connectivity index (χ0v) is 22.6. The Morgan fingerprint density at radius 2 is 1.29 bits per heavy atom. The fourth-order valence-corrected chi connectivity index (χ4v) is 3.29. The molecule has 0 aliphatic heterocycles. The maximum absolute atomic E-state index is 12.7. The van der Waals surface area contributed by atoms with Crippen molar-refractivity contribution in [1.82, 2.24) is 0 Å². The number of rotatable bonds is 13. The minimum absolute atomic E-state index is 0.0222. The highest BCUT2D eigenvalue weighted by atomic mass is 19.1. The Hall–Kier alpha value is -4.99. The van der Waals surface area contributed by atoms with E-state index >= 15 is 0 Å². The minimum Gasteiger partial charge on any atom is -0.493 e. The smallest absolute Gasteiger partial charge is 0.366 e. The van der Waals surface area contributed by atoms with Crippen LogP contribution in [-0.4, -0.2) is 43.7 Å². The summed E-state index contributed by atoms with van der Waals surface area (Å²) in [5, 5.41) is 0. The Kier molecular flexibility index (Phi) is 11.2. The molecule has 0 saturated heterocycles. The second kappa shape index (κ2) is 15.0. The number of aryl methyl sites for hydroxylation is 1. The van der Waals surface area contributed by atoms with E-state index in [4.69, 9.17) is 18.9 Å². The monoisotopic (exact) mass is 564 g/mol. The molecule has 214 valence electrons. The van der Waals surface area contributed by atoms with Gasteiger partial charge in [-0.05, 0) is 67.9 Å². The predicted octanol–water partition coefficient (Wildman–Crippen LogP) is 5.80. The van der Waals surface area contributed by atoms with Gasteiger partial charge in [-0.25, -0.2) is 19.2 Å². The average Bonchev–Trinajstić information content (AvgIpc) is 2.96. The summed E-state index contributed by atoms with van der Waals surface area (Å²) in [6.45, 7) is 6.32. The lowest BCUT2D eigenvalue weighted by molar-refractivity contribution is -0.141. The molecule has 3 aromatic carbocycles. The highest BCUT2D eigenvalue weighted by molar-refractivity contribution is 5.95. The van der Waals surface area contributed by atoms with Crippen LogP contribution in [0.3, 0.4) is 0 Å². The Morgan fingerprint density at radius 1 is 0.732 bits per heavy atom. The van der Waals surface area contributed by atoms with Crippen LogP contribution in [0, 0.1) is 6.92 Å². The van der Waals surface area contributed by atoms with E-state index in [2.05, 4.69) is 11.3 Å². The first-order valence-corrected chi connectivity index (χ1v) is 12.7. The molecule has 0 aliphatic carbocycles. The zero-order valence-electron chi connectivity index (χ0n) is 22.6. The van der Waals surface area contributed by atoms with Crippen molar-refractivity contribution in [2.75, 3.05) is 19.8 Å². The van der Waals surface area contributed by atoms with Crippen molar-refractivity contribution in [2.45, 2.75) is 26.7 Å². The molecule has 9 nitrogen and oxygen atoms in total. The van der Waals surface area contributed by atoms with E-state index in [1.54, 1.807) is 24.3 Å². The maximum atomic E-state index is 12.7. The summed E-state index contributed by atoms with van der Waals surface area (Å²) in [6, 6.07) is 16.9. The van der Waals surface area contributed by atoms with Gasteiger partial charge in [-0.3, -0.25) is 0 Å². The molecule has 3 aromatic rings. The molecule has 0 aromatic heterocycles. The van der Waals surface area contributed by atoms with E-state index < -0.39 is 29.7 Å². The lowest BCUT2D eigenvalue weighted by atomic mass is 10.1. The van der Waals surface area contributed by atoms with E-state index in [-0.39, 0.29) is 41.6 Å². The quantitative estimate of drug-likeness (QED) is 0.110. The summed E-state index contributed by atoms with van der Waals surface area (Å²) < 4.78 is 38.8. The topological polar surface area (TPSA) is 114 Å². The van der Waals surface area contributed by atoms with Crippen molar-refractivity contribution in [3.63, 3.8) is 0 Å². The van der Waals surface area contributed by atoms with Crippen LogP contribution in [-0.2, 0) is 14.3 Å². The van der Waals surface area contributed by atoms with Crippen molar-refractivity contribution in [2.24, 2.45) is 0 Å². The molecular formula is C31H29FO9. The summed E-state index contributed by atoms with van der Waals surface area (Å²) in [5.74, 6) is -4.12. The predicted molar refractivity (Wildman–Crippen MR) is 146 cm³/mol. The molecule has 0 N–H and O–H groups in total. The molecule has 0 amide bonds. The SMILES string of the molecule is C=C(F)C(=O)OCCOC(=O)c1cc(OC(=O)c2ccc(OC(=O)c3ccc(C)cc3)cc2)ccc1OCCCC. The molecular weight excluding hydrogens is 535 g/mol. The van der Waals surface area contributed by atoms with Crippen LogP contribution in [0.25, 0.3) is 0 Å². The maximum Gasteiger partial charge on any atom is 0.366 e. The van der Waals surface area contributed by atoms with Crippen molar-refractivity contribution in [3.8, 4) is 17.2 Å². The lowest BCUT2D eigenvalue weighted by Crippen LogP contribution is -2.15. The fraction of sp³-hybridized carbons (Fsp3) is 0.226. The zero-order chi connectivity index (χ0) is 29.8. The third-order valence-corrected chi connectivity index (χ3v) is 5.50. The molecule has 0 atom stereocenters. The summed E-state index contributed by atoms with van der Waals surface area (Å²) in [7, 11) is 0. The van der Waals surface area contributed by atoms with Gasteiger partial charge in [-0.1, -0.05) is 37.6 Å². The first-order valence-electron chi connectivity index (χ1n) is 12.7. The van der Waals surface area contributed by atoms with Crippen molar-refractivity contribution in [3.05, 3.63) is 101 Å². The highest BCUT2D eigenvalue weighted by Gasteiger charge is 2.19. The first-order chi connectivity index (χ1) is 19.7. The van der Waals surface area contributed by atoms with E-state index in [1.165, 1.54) is 42.5 Å². The van der Waals surface area contributed by atoms with Gasteiger partial charge >= 0.3 is 23.9 Å². The highest BCUT2D eigenvalue weighted by Crippen LogP contribution is 2.26. The third kappa shape index (κ3) is 9.31. The third-order valence-electron chi connectivity index (χ3n) is 5.50. The number of carbonyl (C=O) groups excluding carboxylic acids is 4. The largest absolute Gasteiger partial charge is 0.493 e. The molecule has 0 spiro atoms. The Labute approximate surface area is 236 Å². The number of hydrogen-bond acceptors (Lipinski definition) is 9. The second-order valence-corrected chi connectivity index (χ2v) is 8.71. The second-order valence-electron chi connectivity index (χ2n) is 8.71. The van der Waals surface area contributed by atoms with E-state index in [1.807, 2.05) is 13.8 Å². The summed E-state index contributed by atoms with van der Waals surface area (Å²) in [4.78, 5) is 48.9. The molecule has 0 aliphatic rings. The average molecular weight is 565 g/mol. The number of halogens is 1. The van der Waals surface area contributed by atoms with Crippen molar-refractivity contribution in [1.29, 1.82) is 0 Å². The van der Waals surface area contributed by atoms with Gasteiger partial charge in [-0.2, -0.15) is 4.39 Å². The molecule has 0 bridgehead atoms. The molecule has 0 saturated carbocycles. The number of ether oxygens (including phenoxy) is 5. The van der Waals surface area contributed by atoms with E-state index in [0.717, 1.165) is 18.4 Å². The number of benzene rings is 3. The summed E-state index contributed by atoms with van der Waals surface area (Å²) in [5.41, 5.74) is 1.55. The van der Waals surface area contributed by atoms with Gasteiger partial charge in [0.25, 0.3) is 0 Å². The van der Waals surface area contributed by atoms with Gasteiger partial charge in [0.2, 0.25) is 5.83 Å². The Bertz CT molecular complexity index is 1400. The van der Waals surface area contributed by atoms with E-state index in [9.17, 15) is 23.6 Å². The molecule has 0 heterocycles. The van der Waals surface area contributed by atoms with Crippen LogP contribution in [0.2, 0.25) is 0 Å². The van der Waals surface area contributed by atoms with Crippen LogP contribution < -0.4 is 14.2 Å². The normalized spacial score (nSPS) is 10.3. The molecule has 0 radical (unpaired) electrons. The molecule has 0 unspecified atom stereocenters. The van der Waals surface area contributed by atoms with Crippen LogP contribution in [0.5, 0.6) is 17.2 Å². The molecule has 10 heteroatoms. The van der Waals surface area contributed by atoms with Crippen LogP contribution in [0.4, 0.5) is 4.39 Å². The number of hydrogen-bond donors (Lipinski definition) is 0. The van der Waals surface area contributed by atoms with Gasteiger partial charge in [0.15, 0.2) is 0 Å². The summed E-state index contributed by atoms with van der Waals surface area (Å²) in [6.07, 6.45) is 1.61. The van der Waals surface area contributed by atoms with Gasteiger partial charge in [0.05, 0.1) is 17.7 Å². The van der Waals surface area contributed by atoms with Crippen LogP contribution >= 0.6 is 0 Å².